The van der Waals surface area contributed by atoms with Gasteiger partial charge in [0.05, 0.1) is 16.7 Å². The number of fused-ring (bicyclic) bond motifs is 1. The molecule has 8 heteroatoms. The van der Waals surface area contributed by atoms with Gasteiger partial charge in [-0.25, -0.2) is 9.18 Å². The fourth-order valence-electron chi connectivity index (χ4n) is 2.97. The van der Waals surface area contributed by atoms with Crippen molar-refractivity contribution in [3.63, 3.8) is 0 Å². The molecule has 0 aliphatic carbocycles. The first-order chi connectivity index (χ1) is 12.2. The Bertz CT molecular complexity index is 892. The van der Waals surface area contributed by atoms with Gasteiger partial charge in [-0.05, 0) is 47.9 Å². The standard InChI is InChI=1S/C18H13F4NO3/c19-13-3-4-14(15(8-13)18(20,21)22)16(24)23-6-5-10-7-11(17(25)26)1-2-12(10)9-23/h1-4,7-8H,5-6,9H2,(H,25,26). The van der Waals surface area contributed by atoms with Crippen molar-refractivity contribution >= 4 is 11.9 Å². The van der Waals surface area contributed by atoms with Gasteiger partial charge in [0.1, 0.15) is 5.82 Å². The van der Waals surface area contributed by atoms with Crippen LogP contribution in [0.15, 0.2) is 36.4 Å². The number of hydrogen-bond donors (Lipinski definition) is 1. The number of aromatic carboxylic acids is 1. The normalized spacial score (nSPS) is 14.1. The molecule has 1 heterocycles. The second-order valence-corrected chi connectivity index (χ2v) is 5.95. The van der Waals surface area contributed by atoms with Gasteiger partial charge in [0, 0.05) is 13.1 Å². The number of carbonyl (C=O) groups excluding carboxylic acids is 1. The van der Waals surface area contributed by atoms with Crippen molar-refractivity contribution < 1.29 is 32.3 Å². The van der Waals surface area contributed by atoms with Gasteiger partial charge in [0.2, 0.25) is 0 Å². The van der Waals surface area contributed by atoms with Crippen LogP contribution < -0.4 is 0 Å². The van der Waals surface area contributed by atoms with Crippen molar-refractivity contribution in [2.75, 3.05) is 6.54 Å². The zero-order chi connectivity index (χ0) is 19.1. The number of rotatable bonds is 2. The van der Waals surface area contributed by atoms with Gasteiger partial charge in [0.15, 0.2) is 0 Å². The van der Waals surface area contributed by atoms with Crippen molar-refractivity contribution in [1.82, 2.24) is 4.90 Å². The highest BCUT2D eigenvalue weighted by atomic mass is 19.4. The minimum atomic E-state index is -4.85. The molecular formula is C18H13F4NO3. The number of alkyl halides is 3. The van der Waals surface area contributed by atoms with Gasteiger partial charge in [-0.3, -0.25) is 4.79 Å². The van der Waals surface area contributed by atoms with Crippen LogP contribution in [-0.2, 0) is 19.1 Å². The number of carbonyl (C=O) groups is 2. The molecule has 3 rings (SSSR count). The summed E-state index contributed by atoms with van der Waals surface area (Å²) in [6.07, 6.45) is -4.53. The first kappa shape index (κ1) is 17.9. The van der Waals surface area contributed by atoms with Gasteiger partial charge in [-0.2, -0.15) is 13.2 Å². The van der Waals surface area contributed by atoms with E-state index >= 15 is 0 Å². The molecule has 0 fully saturated rings. The van der Waals surface area contributed by atoms with Crippen LogP contribution in [0.3, 0.4) is 0 Å². The molecule has 2 aromatic rings. The topological polar surface area (TPSA) is 57.6 Å². The predicted molar refractivity (Wildman–Crippen MR) is 83.2 cm³/mol. The molecule has 1 aliphatic heterocycles. The van der Waals surface area contributed by atoms with E-state index in [9.17, 15) is 27.2 Å². The SMILES string of the molecule is O=C(O)c1ccc2c(c1)CCN(C(=O)c1ccc(F)cc1C(F)(F)F)C2. The lowest BCUT2D eigenvalue weighted by Crippen LogP contribution is -2.37. The van der Waals surface area contributed by atoms with Crippen LogP contribution in [0.1, 0.15) is 37.4 Å². The molecular weight excluding hydrogens is 354 g/mol. The monoisotopic (exact) mass is 367 g/mol. The number of carboxylic acid groups (broad SMARTS) is 1. The number of carboxylic acids is 1. The van der Waals surface area contributed by atoms with Gasteiger partial charge in [-0.1, -0.05) is 6.07 Å². The Morgan fingerprint density at radius 2 is 1.77 bits per heavy atom. The third-order valence-electron chi connectivity index (χ3n) is 4.27. The van der Waals surface area contributed by atoms with Crippen LogP contribution >= 0.6 is 0 Å². The van der Waals surface area contributed by atoms with E-state index in [1.54, 1.807) is 6.07 Å². The molecule has 0 unspecified atom stereocenters. The second-order valence-electron chi connectivity index (χ2n) is 5.95. The highest BCUT2D eigenvalue weighted by Gasteiger charge is 2.37. The molecule has 0 saturated carbocycles. The van der Waals surface area contributed by atoms with Crippen LogP contribution in [0.25, 0.3) is 0 Å². The van der Waals surface area contributed by atoms with E-state index in [0.717, 1.165) is 17.7 Å². The van der Waals surface area contributed by atoms with E-state index in [1.165, 1.54) is 17.0 Å². The summed E-state index contributed by atoms with van der Waals surface area (Å²) in [5, 5.41) is 9.00. The lowest BCUT2D eigenvalue weighted by atomic mass is 9.96. The van der Waals surface area contributed by atoms with Crippen LogP contribution in [0.5, 0.6) is 0 Å². The Morgan fingerprint density at radius 1 is 1.04 bits per heavy atom. The molecule has 0 aromatic heterocycles. The van der Waals surface area contributed by atoms with E-state index in [4.69, 9.17) is 5.11 Å². The first-order valence-corrected chi connectivity index (χ1v) is 7.68. The largest absolute Gasteiger partial charge is 0.478 e. The van der Waals surface area contributed by atoms with Crippen LogP contribution in [0, 0.1) is 5.82 Å². The summed E-state index contributed by atoms with van der Waals surface area (Å²) < 4.78 is 52.6. The maximum Gasteiger partial charge on any atom is 0.417 e. The summed E-state index contributed by atoms with van der Waals surface area (Å²) >= 11 is 0. The Hall–Kier alpha value is -2.90. The number of nitrogens with zero attached hydrogens (tertiary/aromatic N) is 1. The molecule has 2 aromatic carbocycles. The molecule has 1 aliphatic rings. The molecule has 4 nitrogen and oxygen atoms in total. The summed E-state index contributed by atoms with van der Waals surface area (Å²) in [4.78, 5) is 24.8. The van der Waals surface area contributed by atoms with Gasteiger partial charge in [0.25, 0.3) is 5.91 Å². The van der Waals surface area contributed by atoms with Crippen LogP contribution in [-0.4, -0.2) is 28.4 Å². The molecule has 136 valence electrons. The number of hydrogen-bond acceptors (Lipinski definition) is 2. The third-order valence-corrected chi connectivity index (χ3v) is 4.27. The Morgan fingerprint density at radius 3 is 2.42 bits per heavy atom. The van der Waals surface area contributed by atoms with Crippen molar-refractivity contribution in [1.29, 1.82) is 0 Å². The molecule has 26 heavy (non-hydrogen) atoms. The lowest BCUT2D eigenvalue weighted by Gasteiger charge is -2.30. The summed E-state index contributed by atoms with van der Waals surface area (Å²) in [7, 11) is 0. The molecule has 0 bridgehead atoms. The quantitative estimate of drug-likeness (QED) is 0.823. The second kappa shape index (κ2) is 6.44. The zero-order valence-electron chi connectivity index (χ0n) is 13.3. The first-order valence-electron chi connectivity index (χ1n) is 7.68. The molecule has 1 amide bonds. The van der Waals surface area contributed by atoms with E-state index in [0.29, 0.717) is 18.1 Å². The summed E-state index contributed by atoms with van der Waals surface area (Å²) in [6, 6.07) is 6.40. The number of amides is 1. The average Bonchev–Trinajstić information content (AvgIpc) is 2.59. The molecule has 0 spiro atoms. The van der Waals surface area contributed by atoms with E-state index in [1.807, 2.05) is 0 Å². The van der Waals surface area contributed by atoms with Crippen molar-refractivity contribution in [2.24, 2.45) is 0 Å². The number of halogens is 4. The minimum Gasteiger partial charge on any atom is -0.478 e. The zero-order valence-corrected chi connectivity index (χ0v) is 13.3. The fourth-order valence-corrected chi connectivity index (χ4v) is 2.97. The maximum atomic E-state index is 13.2. The lowest BCUT2D eigenvalue weighted by molar-refractivity contribution is -0.138. The summed E-state index contributed by atoms with van der Waals surface area (Å²) in [5.41, 5.74) is -0.394. The Kier molecular flexibility index (Phi) is 4.43. The number of benzene rings is 2. The average molecular weight is 367 g/mol. The van der Waals surface area contributed by atoms with Gasteiger partial charge < -0.3 is 10.0 Å². The molecule has 0 saturated heterocycles. The summed E-state index contributed by atoms with van der Waals surface area (Å²) in [5.74, 6) is -2.99. The smallest absolute Gasteiger partial charge is 0.417 e. The maximum absolute atomic E-state index is 13.2. The van der Waals surface area contributed by atoms with Crippen molar-refractivity contribution in [3.05, 3.63) is 70.0 Å². The predicted octanol–water partition coefficient (Wildman–Crippen LogP) is 3.74. The van der Waals surface area contributed by atoms with Gasteiger partial charge >= 0.3 is 12.1 Å². The summed E-state index contributed by atoms with van der Waals surface area (Å²) in [6.45, 7) is 0.201. The van der Waals surface area contributed by atoms with Crippen molar-refractivity contribution in [3.8, 4) is 0 Å². The minimum absolute atomic E-state index is 0.0583. The highest BCUT2D eigenvalue weighted by Crippen LogP contribution is 2.34. The van der Waals surface area contributed by atoms with E-state index in [2.05, 4.69) is 0 Å². The van der Waals surface area contributed by atoms with Crippen LogP contribution in [0.2, 0.25) is 0 Å². The highest BCUT2D eigenvalue weighted by molar-refractivity contribution is 5.96. The van der Waals surface area contributed by atoms with Gasteiger partial charge in [-0.15, -0.1) is 0 Å². The van der Waals surface area contributed by atoms with E-state index in [-0.39, 0.29) is 18.7 Å². The molecule has 0 radical (unpaired) electrons. The van der Waals surface area contributed by atoms with Crippen LogP contribution in [0.4, 0.5) is 17.6 Å². The fraction of sp³-hybridized carbons (Fsp3) is 0.222. The van der Waals surface area contributed by atoms with E-state index < -0.39 is 35.0 Å². The molecule has 0 atom stereocenters. The molecule has 1 N–H and O–H groups in total. The third kappa shape index (κ3) is 3.40. The Labute approximate surface area is 145 Å². The Balaban J connectivity index is 1.90. The van der Waals surface area contributed by atoms with Crippen molar-refractivity contribution in [2.45, 2.75) is 19.1 Å².